The van der Waals surface area contributed by atoms with Crippen LogP contribution in [0.15, 0.2) is 60.4 Å². The summed E-state index contributed by atoms with van der Waals surface area (Å²) in [5.41, 5.74) is -0.483. The highest BCUT2D eigenvalue weighted by Crippen LogP contribution is 2.42. The van der Waals surface area contributed by atoms with Crippen LogP contribution < -0.4 is 10.1 Å². The van der Waals surface area contributed by atoms with E-state index in [1.54, 1.807) is 0 Å². The van der Waals surface area contributed by atoms with Crippen molar-refractivity contribution in [1.82, 2.24) is 0 Å². The largest absolute Gasteiger partial charge is 0.478 e. The van der Waals surface area contributed by atoms with Crippen LogP contribution in [0.1, 0.15) is 31.8 Å². The number of nitrogens with one attached hydrogen (secondary N) is 1. The normalized spacial score (nSPS) is 11.3. The average molecular weight is 731 g/mol. The number of carboxylic acid groups (broad SMARTS) is 1. The van der Waals surface area contributed by atoms with Crippen LogP contribution in [0.25, 0.3) is 0 Å². The Kier molecular flexibility index (Phi) is 8.16. The van der Waals surface area contributed by atoms with E-state index in [4.69, 9.17) is 4.74 Å². The van der Waals surface area contributed by atoms with Crippen molar-refractivity contribution in [3.8, 4) is 11.5 Å². The fourth-order valence-electron chi connectivity index (χ4n) is 2.95. The van der Waals surface area contributed by atoms with Gasteiger partial charge in [0.15, 0.2) is 0 Å². The lowest BCUT2D eigenvalue weighted by Gasteiger charge is -2.15. The van der Waals surface area contributed by atoms with E-state index in [1.165, 1.54) is 37.3 Å². The smallest absolute Gasteiger partial charge is 0.416 e. The van der Waals surface area contributed by atoms with E-state index in [1.807, 2.05) is 0 Å². The Morgan fingerprint density at radius 3 is 1.94 bits per heavy atom. The number of ether oxygens (including phenoxy) is 1. The Labute approximate surface area is 225 Å². The summed E-state index contributed by atoms with van der Waals surface area (Å²) in [6.45, 7) is 1.53. The minimum Gasteiger partial charge on any atom is -0.478 e. The third-order valence-corrected chi connectivity index (χ3v) is 9.20. The molecule has 0 aliphatic heterocycles. The number of amides is 1. The number of anilines is 1. The van der Waals surface area contributed by atoms with E-state index in [-0.39, 0.29) is 31.6 Å². The number of hydrogen-bond donors (Lipinski definition) is 2. The number of alkyl halides is 3. The summed E-state index contributed by atoms with van der Waals surface area (Å²) in [6.07, 6.45) is -4.50. The first-order valence-electron chi connectivity index (χ1n) is 9.17. The first-order valence-corrected chi connectivity index (χ1v) is 12.3. The number of benzene rings is 3. The Morgan fingerprint density at radius 2 is 1.41 bits per heavy atom. The molecule has 0 unspecified atom stereocenters. The summed E-state index contributed by atoms with van der Waals surface area (Å²) in [4.78, 5) is 24.7. The second kappa shape index (κ2) is 10.4. The van der Waals surface area contributed by atoms with Crippen molar-refractivity contribution in [3.05, 3.63) is 82.6 Å². The molecule has 0 aliphatic carbocycles. The predicted molar refractivity (Wildman–Crippen MR) is 135 cm³/mol. The van der Waals surface area contributed by atoms with Gasteiger partial charge >= 0.3 is 12.1 Å². The van der Waals surface area contributed by atoms with Crippen LogP contribution in [-0.4, -0.2) is 17.0 Å². The Hall–Kier alpha value is -1.89. The second-order valence-corrected chi connectivity index (χ2v) is 10.1. The highest BCUT2D eigenvalue weighted by atomic mass is 79.9. The molecule has 1 amide bonds. The number of halogens is 7. The number of carbonyl (C=O) groups excluding carboxylic acids is 1. The third-order valence-electron chi connectivity index (χ3n) is 4.43. The van der Waals surface area contributed by atoms with Crippen LogP contribution in [0.5, 0.6) is 11.5 Å². The molecule has 0 aromatic heterocycles. The first-order chi connectivity index (χ1) is 15.8. The minimum atomic E-state index is -4.50. The van der Waals surface area contributed by atoms with Crippen molar-refractivity contribution in [2.45, 2.75) is 13.1 Å². The molecule has 0 aliphatic rings. The van der Waals surface area contributed by atoms with Crippen LogP contribution in [-0.2, 0) is 6.18 Å². The summed E-state index contributed by atoms with van der Waals surface area (Å²) in [7, 11) is 0. The molecule has 0 atom stereocenters. The molecular weight excluding hydrogens is 719 g/mol. The van der Waals surface area contributed by atoms with Gasteiger partial charge in [-0.2, -0.15) is 13.2 Å². The molecule has 0 saturated carbocycles. The van der Waals surface area contributed by atoms with Gasteiger partial charge in [-0.1, -0.05) is 0 Å². The molecule has 178 valence electrons. The lowest BCUT2D eigenvalue weighted by Crippen LogP contribution is -2.18. The molecule has 0 radical (unpaired) electrons. The molecule has 3 aromatic carbocycles. The van der Waals surface area contributed by atoms with Crippen LogP contribution in [0.3, 0.4) is 0 Å². The summed E-state index contributed by atoms with van der Waals surface area (Å²) in [5, 5.41) is 12.2. The quantitative estimate of drug-likeness (QED) is 0.203. The number of aromatic carboxylic acids is 1. The van der Waals surface area contributed by atoms with Crippen molar-refractivity contribution in [2.75, 3.05) is 5.32 Å². The molecule has 3 aromatic rings. The van der Waals surface area contributed by atoms with Crippen LogP contribution >= 0.6 is 63.7 Å². The molecule has 34 heavy (non-hydrogen) atoms. The number of carboxylic acids is 1. The topological polar surface area (TPSA) is 75.6 Å². The van der Waals surface area contributed by atoms with Crippen LogP contribution in [0, 0.1) is 6.92 Å². The van der Waals surface area contributed by atoms with E-state index >= 15 is 0 Å². The molecule has 3 rings (SSSR count). The Morgan fingerprint density at radius 1 is 0.853 bits per heavy atom. The zero-order chi connectivity index (χ0) is 25.4. The number of aryl methyl sites for hydroxylation is 1. The lowest BCUT2D eigenvalue weighted by atomic mass is 10.1. The first kappa shape index (κ1) is 26.7. The standard InChI is InChI=1S/C22H12Br4F3NO4/c1-9-6-10(22(27,28)29)8-13(7-9)34-12-4-2-11(3-5-12)30-20(31)14-15(21(32)33)17(24)19(26)18(25)16(14)23/h2-8H,1H3,(H,30,31)(H,32,33). The fraction of sp³-hybridized carbons (Fsp3) is 0.0909. The number of carbonyl (C=O) groups is 2. The second-order valence-electron chi connectivity index (χ2n) is 6.92. The zero-order valence-electron chi connectivity index (χ0n) is 16.9. The van der Waals surface area contributed by atoms with Gasteiger partial charge < -0.3 is 15.2 Å². The van der Waals surface area contributed by atoms with E-state index < -0.39 is 23.6 Å². The monoisotopic (exact) mass is 727 g/mol. The molecular formula is C22H12Br4F3NO4. The van der Waals surface area contributed by atoms with Crippen molar-refractivity contribution < 1.29 is 32.6 Å². The maximum atomic E-state index is 13.0. The molecule has 0 spiro atoms. The van der Waals surface area contributed by atoms with Crippen molar-refractivity contribution in [1.29, 1.82) is 0 Å². The fourth-order valence-corrected chi connectivity index (χ4v) is 5.42. The zero-order valence-corrected chi connectivity index (χ0v) is 23.2. The number of hydrogen-bond acceptors (Lipinski definition) is 3. The van der Waals surface area contributed by atoms with Gasteiger partial charge in [-0.15, -0.1) is 0 Å². The molecule has 0 heterocycles. The molecule has 0 fully saturated rings. The SMILES string of the molecule is Cc1cc(Oc2ccc(NC(=O)c3c(Br)c(Br)c(Br)c(Br)c3C(=O)O)cc2)cc(C(F)(F)F)c1. The van der Waals surface area contributed by atoms with Crippen molar-refractivity contribution in [3.63, 3.8) is 0 Å². The Bertz CT molecular complexity index is 1300. The molecule has 0 bridgehead atoms. The van der Waals surface area contributed by atoms with Gasteiger partial charge in [0.25, 0.3) is 5.91 Å². The lowest BCUT2D eigenvalue weighted by molar-refractivity contribution is -0.137. The minimum absolute atomic E-state index is 0.0173. The average Bonchev–Trinajstić information content (AvgIpc) is 2.74. The predicted octanol–water partition coefficient (Wildman–Crippen LogP) is 8.81. The van der Waals surface area contributed by atoms with Gasteiger partial charge in [-0.05, 0) is 119 Å². The van der Waals surface area contributed by atoms with Crippen molar-refractivity contribution in [2.24, 2.45) is 0 Å². The van der Waals surface area contributed by atoms with Gasteiger partial charge in [0, 0.05) is 23.6 Å². The van der Waals surface area contributed by atoms with E-state index in [9.17, 15) is 27.9 Å². The molecule has 5 nitrogen and oxygen atoms in total. The highest BCUT2D eigenvalue weighted by molar-refractivity contribution is 9.15. The van der Waals surface area contributed by atoms with Gasteiger partial charge in [0.2, 0.25) is 0 Å². The van der Waals surface area contributed by atoms with E-state index in [2.05, 4.69) is 69.0 Å². The van der Waals surface area contributed by atoms with E-state index in [0.29, 0.717) is 20.2 Å². The summed E-state index contributed by atoms with van der Waals surface area (Å²) < 4.78 is 45.9. The molecule has 0 saturated heterocycles. The maximum absolute atomic E-state index is 13.0. The van der Waals surface area contributed by atoms with Gasteiger partial charge in [0.1, 0.15) is 11.5 Å². The summed E-state index contributed by atoms with van der Waals surface area (Å²) in [6, 6.07) is 9.28. The maximum Gasteiger partial charge on any atom is 0.416 e. The van der Waals surface area contributed by atoms with Gasteiger partial charge in [-0.3, -0.25) is 4.79 Å². The van der Waals surface area contributed by atoms with Gasteiger partial charge in [-0.25, -0.2) is 4.79 Å². The van der Waals surface area contributed by atoms with Gasteiger partial charge in [0.05, 0.1) is 16.7 Å². The highest BCUT2D eigenvalue weighted by Gasteiger charge is 2.31. The number of rotatable bonds is 5. The van der Waals surface area contributed by atoms with Crippen LogP contribution in [0.4, 0.5) is 18.9 Å². The van der Waals surface area contributed by atoms with E-state index in [0.717, 1.165) is 12.1 Å². The van der Waals surface area contributed by atoms with Crippen molar-refractivity contribution >= 4 is 81.3 Å². The Balaban J connectivity index is 1.85. The molecule has 12 heteroatoms. The summed E-state index contributed by atoms with van der Waals surface area (Å²) >= 11 is 13.0. The third kappa shape index (κ3) is 5.84. The summed E-state index contributed by atoms with van der Waals surface area (Å²) in [5.74, 6) is -1.74. The van der Waals surface area contributed by atoms with Crippen LogP contribution in [0.2, 0.25) is 0 Å². The molecule has 2 N–H and O–H groups in total.